The maximum atomic E-state index is 10.6. The molecule has 0 fully saturated rings. The van der Waals surface area contributed by atoms with Crippen molar-refractivity contribution in [2.24, 2.45) is 5.73 Å². The van der Waals surface area contributed by atoms with Gasteiger partial charge in [-0.2, -0.15) is 0 Å². The molecule has 6 heteroatoms. The third-order valence-electron chi connectivity index (χ3n) is 1.38. The van der Waals surface area contributed by atoms with Gasteiger partial charge >= 0.3 is 5.97 Å². The Hall–Kier alpha value is -0.840. The highest BCUT2D eigenvalue weighted by Gasteiger charge is 2.14. The summed E-state index contributed by atoms with van der Waals surface area (Å²) in [5.41, 5.74) is 5.41. The van der Waals surface area contributed by atoms with Gasteiger partial charge in [0.25, 0.3) is 0 Å². The molecule has 0 saturated heterocycles. The molecule has 70 valence electrons. The standard InChI is InChI=1S/C7H6Cl2N2O2/c8-4-1-3(2-10)11-6(5(4)9)7(12)13/h1H,2,10H2,(H,12,13). The van der Waals surface area contributed by atoms with Gasteiger partial charge in [-0.3, -0.25) is 0 Å². The van der Waals surface area contributed by atoms with Gasteiger partial charge in [-0.05, 0) is 6.07 Å². The van der Waals surface area contributed by atoms with Gasteiger partial charge in [-0.15, -0.1) is 0 Å². The third-order valence-corrected chi connectivity index (χ3v) is 2.16. The van der Waals surface area contributed by atoms with Crippen LogP contribution in [0.4, 0.5) is 0 Å². The number of aromatic nitrogens is 1. The van der Waals surface area contributed by atoms with Gasteiger partial charge in [0.15, 0.2) is 5.69 Å². The molecule has 0 amide bonds. The summed E-state index contributed by atoms with van der Waals surface area (Å²) < 4.78 is 0. The van der Waals surface area contributed by atoms with Crippen LogP contribution >= 0.6 is 23.2 Å². The first-order valence-corrected chi connectivity index (χ1v) is 4.10. The lowest BCUT2D eigenvalue weighted by Gasteiger charge is -2.03. The maximum absolute atomic E-state index is 10.6. The summed E-state index contributed by atoms with van der Waals surface area (Å²) in [5.74, 6) is -1.22. The van der Waals surface area contributed by atoms with Crippen molar-refractivity contribution in [3.05, 3.63) is 27.5 Å². The third kappa shape index (κ3) is 2.09. The largest absolute Gasteiger partial charge is 0.476 e. The van der Waals surface area contributed by atoms with E-state index < -0.39 is 5.97 Å². The lowest BCUT2D eigenvalue weighted by Crippen LogP contribution is -2.07. The van der Waals surface area contributed by atoms with Crippen LogP contribution in [0.5, 0.6) is 0 Å². The van der Waals surface area contributed by atoms with Crippen LogP contribution in [0, 0.1) is 0 Å². The van der Waals surface area contributed by atoms with Crippen LogP contribution in [-0.2, 0) is 6.54 Å². The number of pyridine rings is 1. The normalized spacial score (nSPS) is 10.1. The lowest BCUT2D eigenvalue weighted by atomic mass is 10.3. The molecular formula is C7H6Cl2N2O2. The summed E-state index contributed by atoms with van der Waals surface area (Å²) >= 11 is 11.3. The Morgan fingerprint density at radius 3 is 2.69 bits per heavy atom. The fourth-order valence-corrected chi connectivity index (χ4v) is 1.19. The van der Waals surface area contributed by atoms with Crippen molar-refractivity contribution in [3.63, 3.8) is 0 Å². The predicted molar refractivity (Wildman–Crippen MR) is 49.1 cm³/mol. The SMILES string of the molecule is NCc1cc(Cl)c(Cl)c(C(=O)O)n1. The number of hydrogen-bond donors (Lipinski definition) is 2. The van der Waals surface area contributed by atoms with Gasteiger partial charge in [0, 0.05) is 6.54 Å². The van der Waals surface area contributed by atoms with E-state index in [0.717, 1.165) is 0 Å². The minimum absolute atomic E-state index is 0.0635. The van der Waals surface area contributed by atoms with E-state index >= 15 is 0 Å². The molecule has 0 atom stereocenters. The number of nitrogens with two attached hydrogens (primary N) is 1. The number of carboxylic acids is 1. The molecule has 0 aromatic carbocycles. The van der Waals surface area contributed by atoms with Gasteiger partial charge in [0.1, 0.15) is 0 Å². The Morgan fingerprint density at radius 2 is 2.23 bits per heavy atom. The van der Waals surface area contributed by atoms with Crippen LogP contribution in [0.2, 0.25) is 10.0 Å². The minimum atomic E-state index is -1.22. The molecule has 0 aliphatic rings. The smallest absolute Gasteiger partial charge is 0.356 e. The van der Waals surface area contributed by atoms with Crippen molar-refractivity contribution >= 4 is 29.2 Å². The van der Waals surface area contributed by atoms with E-state index in [4.69, 9.17) is 34.0 Å². The molecule has 0 unspecified atom stereocenters. The number of halogens is 2. The van der Waals surface area contributed by atoms with Crippen LogP contribution in [0.3, 0.4) is 0 Å². The minimum Gasteiger partial charge on any atom is -0.476 e. The zero-order chi connectivity index (χ0) is 10.0. The van der Waals surface area contributed by atoms with Crippen molar-refractivity contribution in [1.29, 1.82) is 0 Å². The van der Waals surface area contributed by atoms with Crippen molar-refractivity contribution < 1.29 is 9.90 Å². The second kappa shape index (κ2) is 3.91. The van der Waals surface area contributed by atoms with Gasteiger partial charge < -0.3 is 10.8 Å². The second-order valence-corrected chi connectivity index (χ2v) is 3.05. The molecule has 0 spiro atoms. The first kappa shape index (κ1) is 10.2. The molecule has 1 rings (SSSR count). The van der Waals surface area contributed by atoms with E-state index in [2.05, 4.69) is 4.98 Å². The van der Waals surface area contributed by atoms with Crippen LogP contribution in [-0.4, -0.2) is 16.1 Å². The molecule has 0 saturated carbocycles. The van der Waals surface area contributed by atoms with E-state index in [-0.39, 0.29) is 22.3 Å². The van der Waals surface area contributed by atoms with Crippen molar-refractivity contribution in [3.8, 4) is 0 Å². The quantitative estimate of drug-likeness (QED) is 0.794. The van der Waals surface area contributed by atoms with Crippen LogP contribution in [0.15, 0.2) is 6.07 Å². The number of rotatable bonds is 2. The Labute approximate surface area is 84.3 Å². The number of aromatic carboxylic acids is 1. The van der Waals surface area contributed by atoms with Gasteiger partial charge in [-0.1, -0.05) is 23.2 Å². The topological polar surface area (TPSA) is 76.2 Å². The van der Waals surface area contributed by atoms with Gasteiger partial charge in [0.2, 0.25) is 0 Å². The average Bonchev–Trinajstić information content (AvgIpc) is 2.09. The molecule has 0 aliphatic heterocycles. The van der Waals surface area contributed by atoms with Crippen LogP contribution < -0.4 is 5.73 Å². The first-order valence-electron chi connectivity index (χ1n) is 3.34. The molecule has 1 aromatic rings. The number of nitrogens with zero attached hydrogens (tertiary/aromatic N) is 1. The van der Waals surface area contributed by atoms with Crippen LogP contribution in [0.1, 0.15) is 16.2 Å². The Morgan fingerprint density at radius 1 is 1.62 bits per heavy atom. The zero-order valence-electron chi connectivity index (χ0n) is 6.42. The van der Waals surface area contributed by atoms with E-state index in [9.17, 15) is 4.79 Å². The summed E-state index contributed by atoms with van der Waals surface area (Å²) in [7, 11) is 0. The first-order chi connectivity index (χ1) is 6.06. The monoisotopic (exact) mass is 220 g/mol. The highest BCUT2D eigenvalue weighted by molar-refractivity contribution is 6.43. The fraction of sp³-hybridized carbons (Fsp3) is 0.143. The van der Waals surface area contributed by atoms with Crippen LogP contribution in [0.25, 0.3) is 0 Å². The van der Waals surface area contributed by atoms with E-state index in [1.54, 1.807) is 0 Å². The Kier molecular flexibility index (Phi) is 3.08. The number of carbonyl (C=O) groups is 1. The summed E-state index contributed by atoms with van der Waals surface area (Å²) in [6, 6.07) is 1.44. The molecule has 13 heavy (non-hydrogen) atoms. The van der Waals surface area contributed by atoms with Crippen molar-refractivity contribution in [2.75, 3.05) is 0 Å². The summed E-state index contributed by atoms with van der Waals surface area (Å²) in [6.45, 7) is 0.122. The number of hydrogen-bond acceptors (Lipinski definition) is 3. The number of carboxylic acid groups (broad SMARTS) is 1. The molecule has 0 aliphatic carbocycles. The maximum Gasteiger partial charge on any atom is 0.356 e. The van der Waals surface area contributed by atoms with E-state index in [0.29, 0.717) is 5.69 Å². The Bertz CT molecular complexity index is 355. The van der Waals surface area contributed by atoms with Gasteiger partial charge in [-0.25, -0.2) is 9.78 Å². The summed E-state index contributed by atoms with van der Waals surface area (Å²) in [5, 5.41) is 8.75. The van der Waals surface area contributed by atoms with Crippen molar-refractivity contribution in [1.82, 2.24) is 4.98 Å². The van der Waals surface area contributed by atoms with Crippen molar-refractivity contribution in [2.45, 2.75) is 6.54 Å². The second-order valence-electron chi connectivity index (χ2n) is 2.27. The fourth-order valence-electron chi connectivity index (χ4n) is 0.794. The molecular weight excluding hydrogens is 215 g/mol. The molecule has 0 bridgehead atoms. The van der Waals surface area contributed by atoms with E-state index in [1.165, 1.54) is 6.07 Å². The van der Waals surface area contributed by atoms with E-state index in [1.807, 2.05) is 0 Å². The Balaban J connectivity index is 3.33. The highest BCUT2D eigenvalue weighted by Crippen LogP contribution is 2.25. The summed E-state index contributed by atoms with van der Waals surface area (Å²) in [4.78, 5) is 14.3. The average molecular weight is 221 g/mol. The molecule has 0 radical (unpaired) electrons. The summed E-state index contributed by atoms with van der Waals surface area (Å²) in [6.07, 6.45) is 0. The molecule has 3 N–H and O–H groups in total. The lowest BCUT2D eigenvalue weighted by molar-refractivity contribution is 0.0690. The predicted octanol–water partition coefficient (Wildman–Crippen LogP) is 1.55. The molecule has 1 heterocycles. The molecule has 4 nitrogen and oxygen atoms in total. The van der Waals surface area contributed by atoms with Gasteiger partial charge in [0.05, 0.1) is 15.7 Å². The molecule has 1 aromatic heterocycles. The highest BCUT2D eigenvalue weighted by atomic mass is 35.5. The zero-order valence-corrected chi connectivity index (χ0v) is 7.93.